The second-order valence-electron chi connectivity index (χ2n) is 4.63. The summed E-state index contributed by atoms with van der Waals surface area (Å²) in [7, 11) is 0. The normalized spacial score (nSPS) is 22.8. The molecule has 0 aliphatic carbocycles. The number of carbonyl (C=O) groups is 3. The van der Waals surface area contributed by atoms with E-state index >= 15 is 0 Å². The number of amides is 3. The monoisotopic (exact) mass is 257 g/mol. The lowest BCUT2D eigenvalue weighted by Gasteiger charge is -2.24. The lowest BCUT2D eigenvalue weighted by molar-refractivity contribution is -0.148. The van der Waals surface area contributed by atoms with E-state index in [1.165, 1.54) is 4.90 Å². The number of nitrogens with two attached hydrogens (primary N) is 1. The number of rotatable bonds is 5. The van der Waals surface area contributed by atoms with Crippen LogP contribution >= 0.6 is 0 Å². The van der Waals surface area contributed by atoms with Gasteiger partial charge < -0.3 is 21.1 Å². The fourth-order valence-corrected chi connectivity index (χ4v) is 2.28. The van der Waals surface area contributed by atoms with Crippen molar-refractivity contribution in [1.29, 1.82) is 0 Å². The maximum absolute atomic E-state index is 11.7. The van der Waals surface area contributed by atoms with Gasteiger partial charge in [-0.25, -0.2) is 4.79 Å². The van der Waals surface area contributed by atoms with Gasteiger partial charge in [-0.05, 0) is 12.8 Å². The van der Waals surface area contributed by atoms with E-state index in [1.807, 2.05) is 6.92 Å². The average molecular weight is 257 g/mol. The van der Waals surface area contributed by atoms with Crippen molar-refractivity contribution in [2.75, 3.05) is 19.6 Å². The molecule has 1 atom stereocenters. The van der Waals surface area contributed by atoms with E-state index in [1.54, 1.807) is 0 Å². The van der Waals surface area contributed by atoms with Gasteiger partial charge in [-0.1, -0.05) is 13.3 Å². The Morgan fingerprint density at radius 3 is 2.61 bits per heavy atom. The number of hydrogen-bond donors (Lipinski definition) is 3. The van der Waals surface area contributed by atoms with E-state index in [4.69, 9.17) is 5.73 Å². The Kier molecular flexibility index (Phi) is 4.52. The highest BCUT2D eigenvalue weighted by atomic mass is 16.4. The van der Waals surface area contributed by atoms with Crippen LogP contribution in [0.3, 0.4) is 0 Å². The molecule has 1 heterocycles. The molecule has 0 radical (unpaired) electrons. The maximum atomic E-state index is 11.7. The number of nitrogens with one attached hydrogen (secondary N) is 1. The fourth-order valence-electron chi connectivity index (χ4n) is 2.28. The number of carbonyl (C=O) groups excluding carboxylic acids is 2. The van der Waals surface area contributed by atoms with Gasteiger partial charge in [-0.2, -0.15) is 0 Å². The average Bonchev–Trinajstić information content (AvgIpc) is 2.72. The summed E-state index contributed by atoms with van der Waals surface area (Å²) >= 11 is 0. The molecule has 1 rings (SSSR count). The molecular weight excluding hydrogens is 238 g/mol. The van der Waals surface area contributed by atoms with Crippen molar-refractivity contribution < 1.29 is 19.5 Å². The van der Waals surface area contributed by atoms with E-state index < -0.39 is 23.3 Å². The van der Waals surface area contributed by atoms with Crippen LogP contribution < -0.4 is 11.1 Å². The topological polar surface area (TPSA) is 113 Å². The third kappa shape index (κ3) is 3.12. The quantitative estimate of drug-likeness (QED) is 0.630. The Labute approximate surface area is 105 Å². The van der Waals surface area contributed by atoms with Crippen molar-refractivity contribution >= 4 is 17.9 Å². The molecule has 7 heteroatoms. The van der Waals surface area contributed by atoms with Crippen LogP contribution in [0, 0.1) is 5.41 Å². The molecule has 102 valence electrons. The molecule has 3 amide bonds. The van der Waals surface area contributed by atoms with Crippen LogP contribution in [0.5, 0.6) is 0 Å². The van der Waals surface area contributed by atoms with Crippen LogP contribution in [-0.4, -0.2) is 47.5 Å². The summed E-state index contributed by atoms with van der Waals surface area (Å²) < 4.78 is 0. The highest BCUT2D eigenvalue weighted by Crippen LogP contribution is 2.35. The standard InChI is InChI=1S/C11H19N3O4/c1-2-3-11(9(16)17)4-5-14(7-11)10(18)13-6-8(12)15/h2-7H2,1H3,(H2,12,15)(H,13,18)(H,16,17). The zero-order valence-electron chi connectivity index (χ0n) is 10.4. The number of aliphatic carboxylic acids is 1. The molecule has 0 aromatic rings. The molecule has 4 N–H and O–H groups in total. The first kappa shape index (κ1) is 14.3. The number of nitrogens with zero attached hydrogens (tertiary/aromatic N) is 1. The van der Waals surface area contributed by atoms with E-state index in [0.29, 0.717) is 19.4 Å². The summed E-state index contributed by atoms with van der Waals surface area (Å²) in [5, 5.41) is 11.6. The Bertz CT molecular complexity index is 358. The summed E-state index contributed by atoms with van der Waals surface area (Å²) in [6, 6.07) is -0.437. The highest BCUT2D eigenvalue weighted by Gasteiger charge is 2.45. The molecule has 1 aliphatic heterocycles. The summed E-state index contributed by atoms with van der Waals surface area (Å²) in [6.07, 6.45) is 1.74. The number of primary amides is 1. The van der Waals surface area contributed by atoms with Gasteiger partial charge in [-0.3, -0.25) is 9.59 Å². The molecule has 0 spiro atoms. The van der Waals surface area contributed by atoms with Gasteiger partial charge in [0, 0.05) is 13.1 Å². The predicted molar refractivity (Wildman–Crippen MR) is 63.8 cm³/mol. The minimum absolute atomic E-state index is 0.181. The molecule has 18 heavy (non-hydrogen) atoms. The molecular formula is C11H19N3O4. The van der Waals surface area contributed by atoms with Crippen molar-refractivity contribution in [3.8, 4) is 0 Å². The van der Waals surface area contributed by atoms with Crippen molar-refractivity contribution in [2.45, 2.75) is 26.2 Å². The zero-order chi connectivity index (χ0) is 13.8. The summed E-state index contributed by atoms with van der Waals surface area (Å²) in [5.41, 5.74) is 4.07. The second-order valence-corrected chi connectivity index (χ2v) is 4.63. The van der Waals surface area contributed by atoms with Gasteiger partial charge in [0.1, 0.15) is 0 Å². The Morgan fingerprint density at radius 2 is 2.11 bits per heavy atom. The first-order valence-corrected chi connectivity index (χ1v) is 5.96. The van der Waals surface area contributed by atoms with Crippen LogP contribution in [0.1, 0.15) is 26.2 Å². The molecule has 0 aromatic heterocycles. The maximum Gasteiger partial charge on any atom is 0.317 e. The Hall–Kier alpha value is -1.79. The van der Waals surface area contributed by atoms with E-state index in [-0.39, 0.29) is 13.1 Å². The van der Waals surface area contributed by atoms with Crippen LogP contribution in [0.15, 0.2) is 0 Å². The third-order valence-electron chi connectivity index (χ3n) is 3.24. The molecule has 0 aromatic carbocycles. The van der Waals surface area contributed by atoms with Gasteiger partial charge in [-0.15, -0.1) is 0 Å². The van der Waals surface area contributed by atoms with Crippen molar-refractivity contribution in [2.24, 2.45) is 11.1 Å². The Morgan fingerprint density at radius 1 is 1.44 bits per heavy atom. The van der Waals surface area contributed by atoms with E-state index in [0.717, 1.165) is 6.42 Å². The third-order valence-corrected chi connectivity index (χ3v) is 3.24. The highest BCUT2D eigenvalue weighted by molar-refractivity contribution is 5.84. The van der Waals surface area contributed by atoms with Gasteiger partial charge in [0.05, 0.1) is 12.0 Å². The van der Waals surface area contributed by atoms with E-state index in [9.17, 15) is 19.5 Å². The molecule has 7 nitrogen and oxygen atoms in total. The van der Waals surface area contributed by atoms with Crippen LogP contribution in [0.25, 0.3) is 0 Å². The summed E-state index contributed by atoms with van der Waals surface area (Å²) in [4.78, 5) is 35.0. The largest absolute Gasteiger partial charge is 0.481 e. The molecule has 1 aliphatic rings. The van der Waals surface area contributed by atoms with Crippen LogP contribution in [0.4, 0.5) is 4.79 Å². The number of carboxylic acid groups (broad SMARTS) is 1. The molecule has 1 saturated heterocycles. The van der Waals surface area contributed by atoms with Gasteiger partial charge in [0.25, 0.3) is 0 Å². The number of carboxylic acids is 1. The Balaban J connectivity index is 2.60. The summed E-state index contributed by atoms with van der Waals surface area (Å²) in [6.45, 7) is 2.25. The van der Waals surface area contributed by atoms with Crippen LogP contribution in [-0.2, 0) is 9.59 Å². The molecule has 1 unspecified atom stereocenters. The van der Waals surface area contributed by atoms with Gasteiger partial charge >= 0.3 is 12.0 Å². The minimum Gasteiger partial charge on any atom is -0.481 e. The van der Waals surface area contributed by atoms with Crippen LogP contribution in [0.2, 0.25) is 0 Å². The van der Waals surface area contributed by atoms with Crippen molar-refractivity contribution in [3.63, 3.8) is 0 Å². The predicted octanol–water partition coefficient (Wildman–Crippen LogP) is -0.242. The SMILES string of the molecule is CCCC1(C(=O)O)CCN(C(=O)NCC(N)=O)C1. The molecule has 0 bridgehead atoms. The molecule has 1 fully saturated rings. The van der Waals surface area contributed by atoms with E-state index in [2.05, 4.69) is 5.32 Å². The second kappa shape index (κ2) is 5.70. The minimum atomic E-state index is -0.866. The van der Waals surface area contributed by atoms with Crippen molar-refractivity contribution in [3.05, 3.63) is 0 Å². The molecule has 0 saturated carbocycles. The summed E-state index contributed by atoms with van der Waals surface area (Å²) in [5.74, 6) is -1.49. The number of likely N-dealkylation sites (tertiary alicyclic amines) is 1. The van der Waals surface area contributed by atoms with Crippen molar-refractivity contribution in [1.82, 2.24) is 10.2 Å². The smallest absolute Gasteiger partial charge is 0.317 e. The lowest BCUT2D eigenvalue weighted by Crippen LogP contribution is -2.44. The first-order chi connectivity index (χ1) is 8.41. The fraction of sp³-hybridized carbons (Fsp3) is 0.727. The number of urea groups is 1. The first-order valence-electron chi connectivity index (χ1n) is 5.96. The zero-order valence-corrected chi connectivity index (χ0v) is 10.4. The van der Waals surface area contributed by atoms with Gasteiger partial charge in [0.15, 0.2) is 0 Å². The lowest BCUT2D eigenvalue weighted by atomic mass is 9.83. The van der Waals surface area contributed by atoms with Gasteiger partial charge in [0.2, 0.25) is 5.91 Å². The number of hydrogen-bond acceptors (Lipinski definition) is 3.